The molecular weight excluding hydrogens is 365 g/mol. The Bertz CT molecular complexity index is 947. The lowest BCUT2D eigenvalue weighted by atomic mass is 10.1. The lowest BCUT2D eigenvalue weighted by Gasteiger charge is -2.08. The third-order valence-corrected chi connectivity index (χ3v) is 4.55. The first kappa shape index (κ1) is 21.3. The zero-order valence-corrected chi connectivity index (χ0v) is 16.5. The highest BCUT2D eigenvalue weighted by Gasteiger charge is 2.28. The summed E-state index contributed by atoms with van der Waals surface area (Å²) in [5.41, 5.74) is 2.07. The molecule has 0 aliphatic heterocycles. The van der Waals surface area contributed by atoms with Crippen LogP contribution in [0.2, 0.25) is 0 Å². The summed E-state index contributed by atoms with van der Waals surface area (Å²) in [4.78, 5) is 37.4. The fourth-order valence-corrected chi connectivity index (χ4v) is 2.98. The van der Waals surface area contributed by atoms with Crippen LogP contribution in [0, 0.1) is 26.6 Å². The molecule has 2 rings (SSSR count). The van der Waals surface area contributed by atoms with Gasteiger partial charge < -0.3 is 20.3 Å². The zero-order chi connectivity index (χ0) is 21.2. The lowest BCUT2D eigenvalue weighted by molar-refractivity contribution is -0.117. The standard InChI is InChI=1S/C20H24FN3O4/c1-10-8-14(6-7-15(10)21)23-19(27)16-12(3)17(24(5)13(16)4)18(26)20(28)22-9-11(2)25/h6-8,11,25H,9H2,1-5H3,(H,22,28)(H,23,27). The van der Waals surface area contributed by atoms with Gasteiger partial charge in [-0.2, -0.15) is 0 Å². The van der Waals surface area contributed by atoms with E-state index < -0.39 is 23.7 Å². The van der Waals surface area contributed by atoms with Crippen LogP contribution in [0.15, 0.2) is 18.2 Å². The van der Waals surface area contributed by atoms with E-state index in [4.69, 9.17) is 0 Å². The number of carbonyl (C=O) groups excluding carboxylic acids is 3. The van der Waals surface area contributed by atoms with E-state index >= 15 is 0 Å². The van der Waals surface area contributed by atoms with Gasteiger partial charge in [-0.3, -0.25) is 14.4 Å². The number of aliphatic hydroxyl groups excluding tert-OH is 1. The van der Waals surface area contributed by atoms with Gasteiger partial charge in [0.05, 0.1) is 17.4 Å². The van der Waals surface area contributed by atoms with Crippen molar-refractivity contribution in [2.75, 3.05) is 11.9 Å². The van der Waals surface area contributed by atoms with Crippen LogP contribution in [0.1, 0.15) is 44.6 Å². The number of hydrogen-bond acceptors (Lipinski definition) is 4. The van der Waals surface area contributed by atoms with Crippen molar-refractivity contribution >= 4 is 23.3 Å². The van der Waals surface area contributed by atoms with Gasteiger partial charge in [0.1, 0.15) is 5.82 Å². The maximum absolute atomic E-state index is 13.4. The number of carbonyl (C=O) groups is 3. The molecule has 1 aromatic carbocycles. The molecule has 0 aliphatic carbocycles. The van der Waals surface area contributed by atoms with Crippen molar-refractivity contribution in [1.29, 1.82) is 0 Å². The number of Topliss-reactive ketones (excluding diaryl/α,β-unsaturated/α-hetero) is 1. The molecule has 28 heavy (non-hydrogen) atoms. The Labute approximate surface area is 162 Å². The number of hydrogen-bond donors (Lipinski definition) is 3. The van der Waals surface area contributed by atoms with Gasteiger partial charge in [0, 0.05) is 25.0 Å². The van der Waals surface area contributed by atoms with Crippen LogP contribution in [0.3, 0.4) is 0 Å². The van der Waals surface area contributed by atoms with Gasteiger partial charge >= 0.3 is 0 Å². The molecule has 1 atom stereocenters. The summed E-state index contributed by atoms with van der Waals surface area (Å²) in [6.07, 6.45) is -0.784. The third kappa shape index (κ3) is 4.28. The third-order valence-electron chi connectivity index (χ3n) is 4.55. The predicted molar refractivity (Wildman–Crippen MR) is 103 cm³/mol. The van der Waals surface area contributed by atoms with Crippen LogP contribution in [-0.2, 0) is 11.8 Å². The van der Waals surface area contributed by atoms with E-state index in [-0.39, 0.29) is 23.6 Å². The number of aromatic nitrogens is 1. The molecule has 1 aromatic heterocycles. The highest BCUT2D eigenvalue weighted by atomic mass is 19.1. The molecule has 1 heterocycles. The fraction of sp³-hybridized carbons (Fsp3) is 0.350. The van der Waals surface area contributed by atoms with Crippen LogP contribution >= 0.6 is 0 Å². The minimum atomic E-state index is -0.856. The number of nitrogens with one attached hydrogen (secondary N) is 2. The maximum Gasteiger partial charge on any atom is 0.294 e. The van der Waals surface area contributed by atoms with E-state index in [1.807, 2.05) is 0 Å². The highest BCUT2D eigenvalue weighted by Crippen LogP contribution is 2.23. The summed E-state index contributed by atoms with van der Waals surface area (Å²) in [7, 11) is 1.59. The zero-order valence-electron chi connectivity index (χ0n) is 16.5. The Morgan fingerprint density at radius 2 is 1.86 bits per heavy atom. The first-order valence-corrected chi connectivity index (χ1v) is 8.78. The molecule has 0 saturated heterocycles. The average molecular weight is 389 g/mol. The molecule has 1 unspecified atom stereocenters. The van der Waals surface area contributed by atoms with Crippen LogP contribution in [0.4, 0.5) is 10.1 Å². The van der Waals surface area contributed by atoms with Crippen LogP contribution in [0.5, 0.6) is 0 Å². The number of ketones is 1. The molecule has 2 amide bonds. The summed E-state index contributed by atoms with van der Waals surface area (Å²) in [6.45, 7) is 6.29. The van der Waals surface area contributed by atoms with E-state index in [2.05, 4.69) is 10.6 Å². The van der Waals surface area contributed by atoms with Crippen molar-refractivity contribution in [2.24, 2.45) is 7.05 Å². The summed E-state index contributed by atoms with van der Waals surface area (Å²) in [5.74, 6) is -2.48. The Hall–Kier alpha value is -3.00. The van der Waals surface area contributed by atoms with Gasteiger partial charge in [0.15, 0.2) is 0 Å². The molecule has 0 spiro atoms. The van der Waals surface area contributed by atoms with E-state index in [1.54, 1.807) is 27.8 Å². The largest absolute Gasteiger partial charge is 0.392 e. The normalized spacial score (nSPS) is 11.8. The number of nitrogens with zero attached hydrogens (tertiary/aromatic N) is 1. The number of benzene rings is 1. The van der Waals surface area contributed by atoms with Gasteiger partial charge in [-0.1, -0.05) is 0 Å². The van der Waals surface area contributed by atoms with Gasteiger partial charge in [-0.25, -0.2) is 4.39 Å². The van der Waals surface area contributed by atoms with Gasteiger partial charge in [-0.05, 0) is 57.0 Å². The number of anilines is 1. The van der Waals surface area contributed by atoms with Crippen molar-refractivity contribution in [1.82, 2.24) is 9.88 Å². The fourth-order valence-electron chi connectivity index (χ4n) is 2.98. The highest BCUT2D eigenvalue weighted by molar-refractivity contribution is 6.43. The van der Waals surface area contributed by atoms with Gasteiger partial charge in [-0.15, -0.1) is 0 Å². The molecule has 0 bridgehead atoms. The summed E-state index contributed by atoms with van der Waals surface area (Å²) >= 11 is 0. The number of aliphatic hydroxyl groups is 1. The topological polar surface area (TPSA) is 100 Å². The lowest BCUT2D eigenvalue weighted by Crippen LogP contribution is -2.36. The second-order valence-electron chi connectivity index (χ2n) is 6.80. The van der Waals surface area contributed by atoms with Crippen molar-refractivity contribution < 1.29 is 23.9 Å². The second kappa shape index (κ2) is 8.35. The number of aryl methyl sites for hydroxylation is 1. The molecule has 3 N–H and O–H groups in total. The molecule has 0 aliphatic rings. The number of rotatable bonds is 6. The van der Waals surface area contributed by atoms with E-state index in [0.29, 0.717) is 22.5 Å². The molecule has 0 fully saturated rings. The van der Waals surface area contributed by atoms with E-state index in [9.17, 15) is 23.9 Å². The molecule has 150 valence electrons. The number of halogens is 1. The van der Waals surface area contributed by atoms with Gasteiger partial charge in [0.25, 0.3) is 17.6 Å². The smallest absolute Gasteiger partial charge is 0.294 e. The molecule has 0 radical (unpaired) electrons. The average Bonchev–Trinajstić information content (AvgIpc) is 2.84. The summed E-state index contributed by atoms with van der Waals surface area (Å²) < 4.78 is 14.9. The predicted octanol–water partition coefficient (Wildman–Crippen LogP) is 2.02. The molecular formula is C20H24FN3O4. The second-order valence-corrected chi connectivity index (χ2v) is 6.80. The SMILES string of the molecule is Cc1cc(NC(=O)c2c(C)c(C(=O)C(=O)NCC(C)O)n(C)c2C)ccc1F. The van der Waals surface area contributed by atoms with Crippen molar-refractivity contribution in [3.63, 3.8) is 0 Å². The molecule has 0 saturated carbocycles. The van der Waals surface area contributed by atoms with E-state index in [0.717, 1.165) is 0 Å². The van der Waals surface area contributed by atoms with Crippen LogP contribution in [0.25, 0.3) is 0 Å². The minimum absolute atomic E-state index is 0.0513. The Morgan fingerprint density at radius 1 is 1.21 bits per heavy atom. The van der Waals surface area contributed by atoms with Crippen molar-refractivity contribution in [3.05, 3.63) is 52.1 Å². The number of amides is 2. The van der Waals surface area contributed by atoms with Crippen molar-refractivity contribution in [2.45, 2.75) is 33.8 Å². The monoisotopic (exact) mass is 389 g/mol. The van der Waals surface area contributed by atoms with Crippen molar-refractivity contribution in [3.8, 4) is 0 Å². The Morgan fingerprint density at radius 3 is 2.43 bits per heavy atom. The summed E-state index contributed by atoms with van der Waals surface area (Å²) in [6, 6.07) is 4.22. The quantitative estimate of drug-likeness (QED) is 0.520. The summed E-state index contributed by atoms with van der Waals surface area (Å²) in [5, 5.41) is 14.3. The molecule has 2 aromatic rings. The van der Waals surface area contributed by atoms with E-state index in [1.165, 1.54) is 29.7 Å². The minimum Gasteiger partial charge on any atom is -0.392 e. The van der Waals surface area contributed by atoms with Crippen LogP contribution < -0.4 is 10.6 Å². The first-order chi connectivity index (χ1) is 13.0. The first-order valence-electron chi connectivity index (χ1n) is 8.78. The molecule has 8 heteroatoms. The molecule has 7 nitrogen and oxygen atoms in total. The maximum atomic E-state index is 13.4. The Balaban J connectivity index is 2.32. The Kier molecular flexibility index (Phi) is 6.35. The van der Waals surface area contributed by atoms with Crippen LogP contribution in [-0.4, -0.2) is 39.9 Å². The van der Waals surface area contributed by atoms with Gasteiger partial charge in [0.2, 0.25) is 0 Å².